The second-order valence-electron chi connectivity index (χ2n) is 5.38. The van der Waals surface area contributed by atoms with Gasteiger partial charge < -0.3 is 15.5 Å². The number of para-hydroxylation sites is 1. The van der Waals surface area contributed by atoms with E-state index in [4.69, 9.17) is 5.26 Å². The molecule has 1 unspecified atom stereocenters. The molecule has 0 aliphatic carbocycles. The maximum Gasteiger partial charge on any atom is 0.280 e. The van der Waals surface area contributed by atoms with Gasteiger partial charge in [-0.15, -0.1) is 23.1 Å². The Morgan fingerprint density at radius 1 is 1.20 bits per heavy atom. The number of hydrogen-bond acceptors (Lipinski definition) is 5. The summed E-state index contributed by atoms with van der Waals surface area (Å²) in [5.41, 5.74) is 1.22. The number of carbonyl (C=O) groups is 2. The third-order valence-electron chi connectivity index (χ3n) is 3.34. The maximum atomic E-state index is 12.2. The Morgan fingerprint density at radius 3 is 2.56 bits per heavy atom. The Kier molecular flexibility index (Phi) is 7.01. The summed E-state index contributed by atoms with van der Waals surface area (Å²) in [6.07, 6.45) is 1.95. The summed E-state index contributed by atoms with van der Waals surface area (Å²) in [6, 6.07) is 11.3. The van der Waals surface area contributed by atoms with Crippen molar-refractivity contribution in [2.75, 3.05) is 37.0 Å². The number of thioether (sulfide) groups is 1. The smallest absolute Gasteiger partial charge is 0.280 e. The van der Waals surface area contributed by atoms with Crippen LogP contribution in [0.2, 0.25) is 0 Å². The van der Waals surface area contributed by atoms with Crippen LogP contribution in [0.1, 0.15) is 5.56 Å². The highest BCUT2D eigenvalue weighted by Crippen LogP contribution is 2.24. The van der Waals surface area contributed by atoms with Crippen molar-refractivity contribution >= 4 is 45.6 Å². The van der Waals surface area contributed by atoms with E-state index in [2.05, 4.69) is 10.6 Å². The van der Waals surface area contributed by atoms with Gasteiger partial charge in [-0.05, 0) is 29.8 Å². The van der Waals surface area contributed by atoms with Crippen LogP contribution in [-0.4, -0.2) is 38.2 Å². The summed E-state index contributed by atoms with van der Waals surface area (Å²) in [7, 11) is 1.78. The van der Waals surface area contributed by atoms with Crippen LogP contribution in [0.3, 0.4) is 0 Å². The van der Waals surface area contributed by atoms with Gasteiger partial charge in [0.2, 0.25) is 0 Å². The maximum absolute atomic E-state index is 12.2. The van der Waals surface area contributed by atoms with Crippen LogP contribution in [0.5, 0.6) is 0 Å². The first-order valence-electron chi connectivity index (χ1n) is 7.55. The highest BCUT2D eigenvalue weighted by atomic mass is 32.2. The number of nitriles is 1. The first-order valence-corrected chi connectivity index (χ1v) is 9.65. The van der Waals surface area contributed by atoms with Crippen LogP contribution in [0.25, 0.3) is 0 Å². The number of benzene rings is 1. The normalized spacial score (nSPS) is 11.4. The zero-order valence-electron chi connectivity index (χ0n) is 14.0. The number of nitrogens with zero attached hydrogens (tertiary/aromatic N) is 1. The molecule has 0 radical (unpaired) electrons. The number of anilines is 2. The topological polar surface area (TPSA) is 86.4 Å². The number of amides is 2. The van der Waals surface area contributed by atoms with Gasteiger partial charge in [0, 0.05) is 4.90 Å². The molecule has 1 heterocycles. The van der Waals surface area contributed by atoms with Gasteiger partial charge in [0.1, 0.15) is 11.1 Å². The minimum Gasteiger partial charge on any atom is -0.322 e. The minimum absolute atomic E-state index is 0.139. The lowest BCUT2D eigenvalue weighted by molar-refractivity contribution is -0.862. The Balaban J connectivity index is 1.85. The van der Waals surface area contributed by atoms with E-state index in [9.17, 15) is 9.59 Å². The average molecular weight is 375 g/mol. The zero-order valence-corrected chi connectivity index (χ0v) is 15.6. The third-order valence-corrected chi connectivity index (χ3v) is 4.97. The number of rotatable bonds is 7. The molecule has 0 fully saturated rings. The van der Waals surface area contributed by atoms with Crippen LogP contribution in [0.15, 0.2) is 40.6 Å². The molecule has 0 aliphatic heterocycles. The Morgan fingerprint density at radius 2 is 1.88 bits per heavy atom. The van der Waals surface area contributed by atoms with Crippen molar-refractivity contribution < 1.29 is 14.5 Å². The fourth-order valence-corrected chi connectivity index (χ4v) is 3.53. The van der Waals surface area contributed by atoms with Crippen LogP contribution in [-0.2, 0) is 9.59 Å². The van der Waals surface area contributed by atoms with Gasteiger partial charge in [-0.25, -0.2) is 0 Å². The van der Waals surface area contributed by atoms with Crippen molar-refractivity contribution in [3.8, 4) is 6.07 Å². The molecule has 1 aromatic carbocycles. The molecule has 2 rings (SSSR count). The van der Waals surface area contributed by atoms with E-state index in [1.54, 1.807) is 30.3 Å². The summed E-state index contributed by atoms with van der Waals surface area (Å²) in [6.45, 7) is 0.312. The van der Waals surface area contributed by atoms with Crippen molar-refractivity contribution in [3.63, 3.8) is 0 Å². The van der Waals surface area contributed by atoms with Crippen LogP contribution < -0.4 is 15.5 Å². The number of nitrogens with one attached hydrogen (secondary N) is 3. The van der Waals surface area contributed by atoms with E-state index in [0.29, 0.717) is 10.6 Å². The molecule has 0 spiro atoms. The zero-order chi connectivity index (χ0) is 18.2. The molecule has 3 N–H and O–H groups in total. The molecular formula is C17H19N4O2S2+. The molecule has 0 saturated heterocycles. The van der Waals surface area contributed by atoms with E-state index >= 15 is 0 Å². The fourth-order valence-electron chi connectivity index (χ4n) is 2.22. The standard InChI is InChI=1S/C17H18N4O2S2/c1-21(11-16(23)20-17-12(9-18)7-8-25-17)10-15(22)19-13-5-3-4-6-14(13)24-2/h3-8H,10-11H2,1-2H3,(H,19,22)(H,20,23)/p+1. The Hall–Kier alpha value is -2.34. The molecule has 1 atom stereocenters. The largest absolute Gasteiger partial charge is 0.322 e. The fraction of sp³-hybridized carbons (Fsp3) is 0.235. The van der Waals surface area contributed by atoms with Crippen molar-refractivity contribution in [2.45, 2.75) is 4.90 Å². The summed E-state index contributed by atoms with van der Waals surface area (Å²) in [5, 5.41) is 16.8. The van der Waals surface area contributed by atoms with Gasteiger partial charge in [0.25, 0.3) is 11.8 Å². The summed E-state index contributed by atoms with van der Waals surface area (Å²) in [5.74, 6) is -0.380. The highest BCUT2D eigenvalue weighted by Gasteiger charge is 2.16. The Labute approximate surface area is 154 Å². The first kappa shape index (κ1) is 19.0. The molecule has 25 heavy (non-hydrogen) atoms. The summed E-state index contributed by atoms with van der Waals surface area (Å²) >= 11 is 2.87. The van der Waals surface area contributed by atoms with Gasteiger partial charge in [-0.2, -0.15) is 5.26 Å². The van der Waals surface area contributed by atoms with Crippen molar-refractivity contribution in [1.82, 2.24) is 0 Å². The van der Waals surface area contributed by atoms with Crippen molar-refractivity contribution in [1.29, 1.82) is 5.26 Å². The number of carbonyl (C=O) groups excluding carboxylic acids is 2. The number of likely N-dealkylation sites (N-methyl/N-ethyl adjacent to an activating group) is 1. The number of hydrogen-bond donors (Lipinski definition) is 3. The van der Waals surface area contributed by atoms with Crippen LogP contribution in [0.4, 0.5) is 10.7 Å². The molecule has 130 valence electrons. The van der Waals surface area contributed by atoms with Gasteiger partial charge in [-0.1, -0.05) is 12.1 Å². The van der Waals surface area contributed by atoms with Crippen LogP contribution >= 0.6 is 23.1 Å². The van der Waals surface area contributed by atoms with Gasteiger partial charge in [0.15, 0.2) is 13.1 Å². The molecular weight excluding hydrogens is 356 g/mol. The van der Waals surface area contributed by atoms with Gasteiger partial charge in [0.05, 0.1) is 18.3 Å². The predicted molar refractivity (Wildman–Crippen MR) is 101 cm³/mol. The van der Waals surface area contributed by atoms with E-state index in [-0.39, 0.29) is 24.9 Å². The van der Waals surface area contributed by atoms with Crippen LogP contribution in [0, 0.1) is 11.3 Å². The molecule has 0 bridgehead atoms. The molecule has 1 aromatic heterocycles. The summed E-state index contributed by atoms with van der Waals surface area (Å²) in [4.78, 5) is 26.0. The lowest BCUT2D eigenvalue weighted by Crippen LogP contribution is -3.11. The van der Waals surface area contributed by atoms with E-state index in [1.807, 2.05) is 36.6 Å². The average Bonchev–Trinajstić information content (AvgIpc) is 3.01. The monoisotopic (exact) mass is 375 g/mol. The highest BCUT2D eigenvalue weighted by molar-refractivity contribution is 7.98. The Bertz CT molecular complexity index is 798. The van der Waals surface area contributed by atoms with Gasteiger partial charge in [-0.3, -0.25) is 9.59 Å². The molecule has 0 aliphatic rings. The quantitative estimate of drug-likeness (QED) is 0.639. The summed E-state index contributed by atoms with van der Waals surface area (Å²) < 4.78 is 0. The molecule has 8 heteroatoms. The molecule has 2 amide bonds. The number of thiophene rings is 1. The SMILES string of the molecule is CSc1ccccc1NC(=O)C[NH+](C)CC(=O)Nc1sccc1C#N. The third kappa shape index (κ3) is 5.60. The predicted octanol–water partition coefficient (Wildman–Crippen LogP) is 1.43. The minimum atomic E-state index is -0.228. The van der Waals surface area contributed by atoms with Crippen molar-refractivity contribution in [2.24, 2.45) is 0 Å². The molecule has 0 saturated carbocycles. The number of quaternary nitrogens is 1. The second kappa shape index (κ2) is 9.22. The lowest BCUT2D eigenvalue weighted by Gasteiger charge is -2.14. The van der Waals surface area contributed by atoms with E-state index in [1.165, 1.54) is 11.3 Å². The first-order chi connectivity index (χ1) is 12.0. The van der Waals surface area contributed by atoms with E-state index in [0.717, 1.165) is 15.5 Å². The van der Waals surface area contributed by atoms with Crippen molar-refractivity contribution in [3.05, 3.63) is 41.3 Å². The molecule has 2 aromatic rings. The molecule has 6 nitrogen and oxygen atoms in total. The van der Waals surface area contributed by atoms with Gasteiger partial charge >= 0.3 is 0 Å². The second-order valence-corrected chi connectivity index (χ2v) is 7.15. The van der Waals surface area contributed by atoms with E-state index < -0.39 is 0 Å². The lowest BCUT2D eigenvalue weighted by atomic mass is 10.3.